The predicted octanol–water partition coefficient (Wildman–Crippen LogP) is 1.48. The van der Waals surface area contributed by atoms with Crippen molar-refractivity contribution in [1.29, 1.82) is 0 Å². The van der Waals surface area contributed by atoms with Crippen LogP contribution in [-0.2, 0) is 16.1 Å². The van der Waals surface area contributed by atoms with E-state index in [1.807, 2.05) is 16.9 Å². The third-order valence-electron chi connectivity index (χ3n) is 3.94. The number of rotatable bonds is 5. The smallest absolute Gasteiger partial charge is 0.248 e. The van der Waals surface area contributed by atoms with E-state index in [9.17, 15) is 9.59 Å². The third kappa shape index (κ3) is 3.25. The fourth-order valence-corrected chi connectivity index (χ4v) is 2.73. The van der Waals surface area contributed by atoms with Gasteiger partial charge in [-0.2, -0.15) is 5.10 Å². The lowest BCUT2D eigenvalue weighted by Crippen LogP contribution is -2.63. The number of nitrogens with zero attached hydrogens (tertiary/aromatic N) is 3. The van der Waals surface area contributed by atoms with Gasteiger partial charge >= 0.3 is 0 Å². The highest BCUT2D eigenvalue weighted by atomic mass is 16.2. The van der Waals surface area contributed by atoms with Gasteiger partial charge in [-0.25, -0.2) is 0 Å². The Morgan fingerprint density at radius 1 is 1.33 bits per heavy atom. The first-order valence-corrected chi connectivity index (χ1v) is 7.51. The van der Waals surface area contributed by atoms with Crippen molar-refractivity contribution in [3.63, 3.8) is 0 Å². The molecule has 0 atom stereocenters. The molecule has 2 amide bonds. The Balaban J connectivity index is 2.11. The summed E-state index contributed by atoms with van der Waals surface area (Å²) in [5.41, 5.74) is -0.0199. The Morgan fingerprint density at radius 2 is 2.00 bits per heavy atom. The van der Waals surface area contributed by atoms with Crippen LogP contribution in [0.1, 0.15) is 52.3 Å². The van der Waals surface area contributed by atoms with Crippen molar-refractivity contribution < 1.29 is 9.59 Å². The standard InChI is InChI=1S/C15H24N4O2/c1-5-12(6-2)19-8-7-11(17-19)9-18-10-13(20)16-15(3,4)14(18)21/h7-8,12H,5-6,9-10H2,1-4H3,(H,16,20). The zero-order chi connectivity index (χ0) is 15.6. The summed E-state index contributed by atoms with van der Waals surface area (Å²) in [6, 6.07) is 2.31. The minimum atomic E-state index is -0.840. The molecule has 1 N–H and O–H groups in total. The van der Waals surface area contributed by atoms with Gasteiger partial charge in [0, 0.05) is 6.20 Å². The molecule has 21 heavy (non-hydrogen) atoms. The average molecular weight is 292 g/mol. The summed E-state index contributed by atoms with van der Waals surface area (Å²) in [7, 11) is 0. The van der Waals surface area contributed by atoms with Gasteiger partial charge < -0.3 is 10.2 Å². The molecule has 1 aliphatic rings. The van der Waals surface area contributed by atoms with Crippen LogP contribution in [0.5, 0.6) is 0 Å². The van der Waals surface area contributed by atoms with Crippen LogP contribution in [0.25, 0.3) is 0 Å². The van der Waals surface area contributed by atoms with E-state index < -0.39 is 5.54 Å². The molecule has 0 aromatic carbocycles. The number of nitrogens with one attached hydrogen (secondary N) is 1. The van der Waals surface area contributed by atoms with Crippen molar-refractivity contribution in [3.05, 3.63) is 18.0 Å². The lowest BCUT2D eigenvalue weighted by Gasteiger charge is -2.37. The molecule has 0 aliphatic carbocycles. The van der Waals surface area contributed by atoms with Gasteiger partial charge in [-0.05, 0) is 32.8 Å². The van der Waals surface area contributed by atoms with E-state index in [0.29, 0.717) is 12.6 Å². The number of amides is 2. The number of carbonyl (C=O) groups excluding carboxylic acids is 2. The van der Waals surface area contributed by atoms with Crippen LogP contribution in [0.15, 0.2) is 12.3 Å². The van der Waals surface area contributed by atoms with Gasteiger partial charge in [0.05, 0.1) is 18.3 Å². The quantitative estimate of drug-likeness (QED) is 0.894. The number of carbonyl (C=O) groups is 2. The van der Waals surface area contributed by atoms with E-state index in [4.69, 9.17) is 0 Å². The summed E-state index contributed by atoms with van der Waals surface area (Å²) in [5.74, 6) is -0.196. The molecule has 2 heterocycles. The van der Waals surface area contributed by atoms with Crippen molar-refractivity contribution >= 4 is 11.8 Å². The molecule has 1 aromatic heterocycles. The third-order valence-corrected chi connectivity index (χ3v) is 3.94. The maximum absolute atomic E-state index is 12.3. The van der Waals surface area contributed by atoms with E-state index in [0.717, 1.165) is 18.5 Å². The highest BCUT2D eigenvalue weighted by molar-refractivity contribution is 5.97. The summed E-state index contributed by atoms with van der Waals surface area (Å²) in [5, 5.41) is 7.25. The molecule has 0 radical (unpaired) electrons. The first kappa shape index (κ1) is 15.5. The molecule has 0 bridgehead atoms. The number of aromatic nitrogens is 2. The molecule has 116 valence electrons. The first-order chi connectivity index (χ1) is 9.87. The van der Waals surface area contributed by atoms with Gasteiger partial charge in [-0.1, -0.05) is 13.8 Å². The minimum Gasteiger partial charge on any atom is -0.341 e. The molecule has 1 saturated heterocycles. The lowest BCUT2D eigenvalue weighted by atomic mass is 10.0. The molecule has 0 unspecified atom stereocenters. The highest BCUT2D eigenvalue weighted by Crippen LogP contribution is 2.18. The highest BCUT2D eigenvalue weighted by Gasteiger charge is 2.39. The second-order valence-corrected chi connectivity index (χ2v) is 6.09. The van der Waals surface area contributed by atoms with Gasteiger partial charge in [-0.15, -0.1) is 0 Å². The van der Waals surface area contributed by atoms with Crippen LogP contribution in [0, 0.1) is 0 Å². The van der Waals surface area contributed by atoms with E-state index in [2.05, 4.69) is 24.3 Å². The van der Waals surface area contributed by atoms with Gasteiger partial charge in [0.1, 0.15) is 12.1 Å². The maximum Gasteiger partial charge on any atom is 0.248 e. The molecule has 6 heteroatoms. The number of hydrogen-bond acceptors (Lipinski definition) is 3. The molecular weight excluding hydrogens is 268 g/mol. The summed E-state index contributed by atoms with van der Waals surface area (Å²) in [4.78, 5) is 25.6. The minimum absolute atomic E-state index is 0.0702. The molecule has 0 spiro atoms. The Morgan fingerprint density at radius 3 is 2.62 bits per heavy atom. The van der Waals surface area contributed by atoms with Crippen molar-refractivity contribution in [1.82, 2.24) is 20.0 Å². The van der Waals surface area contributed by atoms with E-state index in [1.54, 1.807) is 18.7 Å². The van der Waals surface area contributed by atoms with Crippen LogP contribution in [0.3, 0.4) is 0 Å². The number of hydrogen-bond donors (Lipinski definition) is 1. The van der Waals surface area contributed by atoms with Gasteiger partial charge in [0.2, 0.25) is 11.8 Å². The average Bonchev–Trinajstić information content (AvgIpc) is 2.85. The molecule has 0 saturated carbocycles. The maximum atomic E-state index is 12.3. The van der Waals surface area contributed by atoms with Crippen LogP contribution in [-0.4, -0.2) is 38.6 Å². The first-order valence-electron chi connectivity index (χ1n) is 7.51. The fraction of sp³-hybridized carbons (Fsp3) is 0.667. The monoisotopic (exact) mass is 292 g/mol. The number of piperazine rings is 1. The summed E-state index contributed by atoms with van der Waals surface area (Å²) >= 11 is 0. The zero-order valence-electron chi connectivity index (χ0n) is 13.2. The van der Waals surface area contributed by atoms with Gasteiger partial charge in [-0.3, -0.25) is 14.3 Å². The van der Waals surface area contributed by atoms with Crippen LogP contribution in [0.4, 0.5) is 0 Å². The molecular formula is C15H24N4O2. The summed E-state index contributed by atoms with van der Waals surface area (Å²) in [6.45, 7) is 8.19. The SMILES string of the molecule is CCC(CC)n1ccc(CN2CC(=O)NC(C)(C)C2=O)n1. The van der Waals surface area contributed by atoms with Crippen molar-refractivity contribution in [2.75, 3.05) is 6.54 Å². The summed E-state index contributed by atoms with van der Waals surface area (Å²) < 4.78 is 1.95. The van der Waals surface area contributed by atoms with Crippen molar-refractivity contribution in [3.8, 4) is 0 Å². The summed E-state index contributed by atoms with van der Waals surface area (Å²) in [6.07, 6.45) is 4.00. The van der Waals surface area contributed by atoms with Gasteiger partial charge in [0.15, 0.2) is 0 Å². The van der Waals surface area contributed by atoms with E-state index in [-0.39, 0.29) is 18.4 Å². The fourth-order valence-electron chi connectivity index (χ4n) is 2.73. The molecule has 1 aromatic rings. The molecule has 6 nitrogen and oxygen atoms in total. The Hall–Kier alpha value is -1.85. The van der Waals surface area contributed by atoms with Crippen molar-refractivity contribution in [2.24, 2.45) is 0 Å². The van der Waals surface area contributed by atoms with E-state index in [1.165, 1.54) is 0 Å². The van der Waals surface area contributed by atoms with Crippen LogP contribution < -0.4 is 5.32 Å². The topological polar surface area (TPSA) is 67.2 Å². The Kier molecular flexibility index (Phi) is 4.34. The predicted molar refractivity (Wildman–Crippen MR) is 79.5 cm³/mol. The van der Waals surface area contributed by atoms with E-state index >= 15 is 0 Å². The van der Waals surface area contributed by atoms with Crippen LogP contribution in [0.2, 0.25) is 0 Å². The second-order valence-electron chi connectivity index (χ2n) is 6.09. The molecule has 1 aliphatic heterocycles. The molecule has 1 fully saturated rings. The second kappa shape index (κ2) is 5.87. The zero-order valence-corrected chi connectivity index (χ0v) is 13.2. The van der Waals surface area contributed by atoms with Gasteiger partial charge in [0.25, 0.3) is 0 Å². The Bertz CT molecular complexity index is 532. The normalized spacial score (nSPS) is 18.2. The van der Waals surface area contributed by atoms with Crippen LogP contribution >= 0.6 is 0 Å². The largest absolute Gasteiger partial charge is 0.341 e. The van der Waals surface area contributed by atoms with Crippen molar-refractivity contribution in [2.45, 2.75) is 58.7 Å². The Labute approximate surface area is 125 Å². The molecule has 2 rings (SSSR count). The lowest BCUT2D eigenvalue weighted by molar-refractivity contribution is -0.149.